The molecule has 0 saturated carbocycles. The summed E-state index contributed by atoms with van der Waals surface area (Å²) in [5.74, 6) is -2.83. The van der Waals surface area contributed by atoms with Crippen LogP contribution in [0.4, 0.5) is 16.0 Å². The van der Waals surface area contributed by atoms with Gasteiger partial charge in [0, 0.05) is 59.2 Å². The Balaban J connectivity index is 0.788. The van der Waals surface area contributed by atoms with Gasteiger partial charge in [-0.1, -0.05) is 42.6 Å². The second kappa shape index (κ2) is 20.2. The minimum atomic E-state index is -1.12. The van der Waals surface area contributed by atoms with Crippen LogP contribution in [-0.4, -0.2) is 96.0 Å². The maximum absolute atomic E-state index is 15.3. The van der Waals surface area contributed by atoms with Gasteiger partial charge in [0.15, 0.2) is 6.61 Å². The van der Waals surface area contributed by atoms with Gasteiger partial charge in [-0.3, -0.25) is 44.0 Å². The number of aromatic nitrogens is 2. The highest BCUT2D eigenvalue weighted by Crippen LogP contribution is 2.37. The van der Waals surface area contributed by atoms with Gasteiger partial charge in [-0.25, -0.2) is 14.4 Å². The Morgan fingerprint density at radius 1 is 0.836 bits per heavy atom. The van der Waals surface area contributed by atoms with E-state index in [1.54, 1.807) is 48.7 Å². The molecule has 3 aliphatic rings. The molecule has 1 saturated heterocycles. The first kappa shape index (κ1) is 45.8. The zero-order chi connectivity index (χ0) is 47.2. The Kier molecular flexibility index (Phi) is 13.8. The number of halogens is 2. The third-order valence-corrected chi connectivity index (χ3v) is 11.6. The zero-order valence-corrected chi connectivity index (χ0v) is 37.1. The number of methoxy groups -OCH3 is 2. The molecule has 4 aromatic carbocycles. The number of unbranched alkanes of at least 4 members (excludes halogenated alkanes) is 3. The molecule has 4 heterocycles. The first-order valence-electron chi connectivity index (χ1n) is 21.5. The number of hydrogen-bond donors (Lipinski definition) is 4. The van der Waals surface area contributed by atoms with Crippen LogP contribution < -0.4 is 35.5 Å². The molecule has 19 heteroatoms. The van der Waals surface area contributed by atoms with Gasteiger partial charge in [0.05, 0.1) is 54.4 Å². The lowest BCUT2D eigenvalue weighted by atomic mass is 9.94. The van der Waals surface area contributed by atoms with Crippen LogP contribution in [-0.2, 0) is 20.9 Å². The van der Waals surface area contributed by atoms with Crippen LogP contribution in [0.5, 0.6) is 17.2 Å². The van der Waals surface area contributed by atoms with Crippen LogP contribution in [0.2, 0.25) is 5.02 Å². The van der Waals surface area contributed by atoms with E-state index in [1.807, 2.05) is 6.07 Å². The van der Waals surface area contributed by atoms with E-state index in [2.05, 4.69) is 26.3 Å². The zero-order valence-electron chi connectivity index (χ0n) is 36.4. The molecule has 1 aromatic heterocycles. The lowest BCUT2D eigenvalue weighted by Gasteiger charge is -2.27. The van der Waals surface area contributed by atoms with Gasteiger partial charge in [0.1, 0.15) is 29.1 Å². The predicted octanol–water partition coefficient (Wildman–Crippen LogP) is 5.93. The van der Waals surface area contributed by atoms with Crippen molar-refractivity contribution < 1.29 is 47.4 Å². The number of ether oxygens (including phenoxy) is 3. The van der Waals surface area contributed by atoms with Gasteiger partial charge < -0.3 is 30.2 Å². The third kappa shape index (κ3) is 9.79. The van der Waals surface area contributed by atoms with Crippen molar-refractivity contribution >= 4 is 64.4 Å². The first-order chi connectivity index (χ1) is 32.4. The summed E-state index contributed by atoms with van der Waals surface area (Å²) < 4.78 is 32.0. The average Bonchev–Trinajstić information content (AvgIpc) is 3.47. The van der Waals surface area contributed by atoms with Gasteiger partial charge in [0.2, 0.25) is 17.8 Å². The fourth-order valence-electron chi connectivity index (χ4n) is 8.11. The van der Waals surface area contributed by atoms with Crippen LogP contribution >= 0.6 is 11.6 Å². The molecule has 0 aliphatic carbocycles. The van der Waals surface area contributed by atoms with Crippen molar-refractivity contribution in [3.63, 3.8) is 0 Å². The Hall–Kier alpha value is -7.73. The Morgan fingerprint density at radius 3 is 2.37 bits per heavy atom. The van der Waals surface area contributed by atoms with Crippen LogP contribution in [0.25, 0.3) is 11.3 Å². The molecule has 1 atom stereocenters. The molecule has 1 fully saturated rings. The molecule has 344 valence electrons. The van der Waals surface area contributed by atoms with E-state index in [1.165, 1.54) is 38.5 Å². The molecule has 0 spiro atoms. The van der Waals surface area contributed by atoms with Crippen molar-refractivity contribution in [2.75, 3.05) is 39.2 Å². The predicted molar refractivity (Wildman–Crippen MR) is 243 cm³/mol. The monoisotopic (exact) mass is 930 g/mol. The fourth-order valence-corrected chi connectivity index (χ4v) is 8.29. The molecule has 3 aliphatic heterocycles. The number of aliphatic imine (C=N–C) groups is 1. The molecule has 5 aromatic rings. The molecule has 0 radical (unpaired) electrons. The van der Waals surface area contributed by atoms with Crippen LogP contribution in [0.15, 0.2) is 84.0 Å². The number of carbonyl (C=O) groups is 6. The van der Waals surface area contributed by atoms with Crippen LogP contribution in [0.1, 0.15) is 86.3 Å². The number of nitrogens with one attached hydrogen (secondary N) is 4. The van der Waals surface area contributed by atoms with Gasteiger partial charge in [-0.05, 0) is 67.8 Å². The van der Waals surface area contributed by atoms with Crippen molar-refractivity contribution in [2.45, 2.75) is 51.1 Å². The molecule has 6 amide bonds. The van der Waals surface area contributed by atoms with Gasteiger partial charge in [0.25, 0.3) is 23.6 Å². The molecular formula is C48H44ClFN8O9. The summed E-state index contributed by atoms with van der Waals surface area (Å²) in [5.41, 5.74) is 4.09. The molecule has 0 bridgehead atoms. The minimum Gasteiger partial charge on any atom is -0.496 e. The van der Waals surface area contributed by atoms with E-state index in [0.29, 0.717) is 76.2 Å². The number of anilines is 2. The molecule has 67 heavy (non-hydrogen) atoms. The number of carbonyl (C=O) groups excluding carboxylic acids is 6. The van der Waals surface area contributed by atoms with E-state index < -0.39 is 48.0 Å². The van der Waals surface area contributed by atoms with Crippen LogP contribution in [0.3, 0.4) is 0 Å². The number of fused-ring (bicyclic) bond motifs is 4. The standard InChI is InChI=1S/C48H44ClFN8O9/c1-65-35-11-8-10-33(50)41(35)43-32-21-27(49)13-15-29(32)42-26(23-53-43)24-54-48(57-42)55-28-14-16-30(37(22-28)66-2)44(61)52-20-6-4-3-5-19-51-39(60)25-67-36-12-7-9-31-40(36)47(64)58(46(31)63)34-17-18-38(59)56-45(34)62/h7-16,21-22,24,34H,3-6,17-20,23,25H2,1-2H3,(H,51,60)(H,52,61)(H,54,55,57)(H,56,59,62). The number of benzene rings is 4. The molecule has 8 rings (SSSR count). The average molecular weight is 931 g/mol. The summed E-state index contributed by atoms with van der Waals surface area (Å²) in [5, 5.41) is 11.5. The fraction of sp³-hybridized carbons (Fsp3) is 0.271. The Labute approximate surface area is 388 Å². The molecule has 4 N–H and O–H groups in total. The first-order valence-corrected chi connectivity index (χ1v) is 21.8. The molecule has 17 nitrogen and oxygen atoms in total. The maximum atomic E-state index is 15.3. The minimum absolute atomic E-state index is 0.00208. The van der Waals surface area contributed by atoms with E-state index in [0.717, 1.165) is 23.3 Å². The van der Waals surface area contributed by atoms with Gasteiger partial charge in [-0.15, -0.1) is 0 Å². The lowest BCUT2D eigenvalue weighted by Crippen LogP contribution is -2.54. The quantitative estimate of drug-likeness (QED) is 0.0630. The summed E-state index contributed by atoms with van der Waals surface area (Å²) in [6, 6.07) is 18.2. The summed E-state index contributed by atoms with van der Waals surface area (Å²) in [6.07, 6.45) is 4.60. The third-order valence-electron chi connectivity index (χ3n) is 11.4. The van der Waals surface area contributed by atoms with Gasteiger partial charge >= 0.3 is 0 Å². The van der Waals surface area contributed by atoms with Crippen LogP contribution in [0, 0.1) is 5.82 Å². The topological polar surface area (TPSA) is 220 Å². The Bertz CT molecular complexity index is 2860. The molecule has 1 unspecified atom stereocenters. The number of nitrogens with zero attached hydrogens (tertiary/aromatic N) is 4. The summed E-state index contributed by atoms with van der Waals surface area (Å²) in [7, 11) is 2.94. The summed E-state index contributed by atoms with van der Waals surface area (Å²) in [6.45, 7) is 0.562. The van der Waals surface area contributed by atoms with E-state index in [-0.39, 0.29) is 53.7 Å². The largest absolute Gasteiger partial charge is 0.496 e. The van der Waals surface area contributed by atoms with Crippen molar-refractivity contribution in [3.8, 4) is 28.5 Å². The van der Waals surface area contributed by atoms with Gasteiger partial charge in [-0.2, -0.15) is 0 Å². The maximum Gasteiger partial charge on any atom is 0.266 e. The van der Waals surface area contributed by atoms with E-state index in [9.17, 15) is 28.8 Å². The number of imide groups is 2. The van der Waals surface area contributed by atoms with Crippen molar-refractivity contribution in [1.82, 2.24) is 30.8 Å². The second-order valence-corrected chi connectivity index (χ2v) is 16.2. The highest BCUT2D eigenvalue weighted by molar-refractivity contribution is 6.32. The number of hydrogen-bond acceptors (Lipinski definition) is 13. The van der Waals surface area contributed by atoms with E-state index in [4.69, 9.17) is 35.8 Å². The normalized spacial score (nSPS) is 15.1. The number of rotatable bonds is 17. The summed E-state index contributed by atoms with van der Waals surface area (Å²) >= 11 is 6.45. The smallest absolute Gasteiger partial charge is 0.266 e. The van der Waals surface area contributed by atoms with Crippen molar-refractivity contribution in [2.24, 2.45) is 4.99 Å². The molecular weight excluding hydrogens is 887 g/mol. The van der Waals surface area contributed by atoms with Crippen molar-refractivity contribution in [1.29, 1.82) is 0 Å². The van der Waals surface area contributed by atoms with Crippen molar-refractivity contribution in [3.05, 3.63) is 123 Å². The second-order valence-electron chi connectivity index (χ2n) is 15.7. The number of amides is 6. The summed E-state index contributed by atoms with van der Waals surface area (Å²) in [4.78, 5) is 91.0. The lowest BCUT2D eigenvalue weighted by molar-refractivity contribution is -0.136. The highest BCUT2D eigenvalue weighted by Gasteiger charge is 2.46. The Morgan fingerprint density at radius 2 is 1.60 bits per heavy atom. The van der Waals surface area contributed by atoms with E-state index >= 15 is 4.39 Å². The number of piperidine rings is 1. The SMILES string of the molecule is COc1cc(Nc2ncc3c(n2)-c2ccc(Cl)cc2C(c2c(F)cccc2OC)=NC3)ccc1C(=O)NCCCCCCNC(=O)COc1cccc2c1C(=O)N(C1CCC(=O)NC1=O)C2=O. The highest BCUT2D eigenvalue weighted by atomic mass is 35.5.